The average molecular weight is 733 g/mol. The maximum atomic E-state index is 13.9. The molecule has 0 aliphatic rings. The van der Waals surface area contributed by atoms with Gasteiger partial charge in [0.1, 0.15) is 23.9 Å². The molecule has 12 nitrogen and oxygen atoms in total. The third-order valence-electron chi connectivity index (χ3n) is 9.40. The van der Waals surface area contributed by atoms with Gasteiger partial charge >= 0.3 is 5.97 Å². The zero-order chi connectivity index (χ0) is 39.5. The van der Waals surface area contributed by atoms with Crippen LogP contribution < -0.4 is 26.0 Å². The molecule has 3 aromatic carbocycles. The number of nitrogens with one attached hydrogen (secondary N) is 4. The summed E-state index contributed by atoms with van der Waals surface area (Å²) in [7, 11) is 0. The van der Waals surface area contributed by atoms with E-state index in [1.807, 2.05) is 73.7 Å². The summed E-state index contributed by atoms with van der Waals surface area (Å²) >= 11 is 0. The second kappa shape index (κ2) is 19.2. The van der Waals surface area contributed by atoms with Gasteiger partial charge in [-0.1, -0.05) is 109 Å². The van der Waals surface area contributed by atoms with Crippen molar-refractivity contribution in [3.05, 3.63) is 78.4 Å². The highest BCUT2D eigenvalue weighted by Gasteiger charge is 2.37. The Morgan fingerprint density at radius 1 is 0.717 bits per heavy atom. The molecule has 0 saturated heterocycles. The molecule has 6 atom stereocenters. The summed E-state index contributed by atoms with van der Waals surface area (Å²) in [6.07, 6.45) is -1.17. The molecule has 0 fully saturated rings. The summed E-state index contributed by atoms with van der Waals surface area (Å²) in [5.74, 6) is -4.15. The number of aliphatic hydroxyl groups is 1. The van der Waals surface area contributed by atoms with Crippen LogP contribution in [-0.2, 0) is 30.4 Å². The zero-order valence-corrected chi connectivity index (χ0v) is 32.0. The van der Waals surface area contributed by atoms with E-state index in [1.165, 1.54) is 0 Å². The molecule has 3 rings (SSSR count). The molecule has 4 amide bonds. The van der Waals surface area contributed by atoms with Gasteiger partial charge in [-0.25, -0.2) is 4.79 Å². The quantitative estimate of drug-likeness (QED) is 0.105. The van der Waals surface area contributed by atoms with Crippen molar-refractivity contribution in [3.63, 3.8) is 0 Å². The van der Waals surface area contributed by atoms with E-state index in [4.69, 9.17) is 4.74 Å². The van der Waals surface area contributed by atoms with E-state index in [1.54, 1.807) is 54.5 Å². The molecule has 0 aliphatic carbocycles. The van der Waals surface area contributed by atoms with Crippen LogP contribution >= 0.6 is 0 Å². The van der Waals surface area contributed by atoms with Gasteiger partial charge in [-0.2, -0.15) is 0 Å². The van der Waals surface area contributed by atoms with E-state index in [0.29, 0.717) is 12.2 Å². The Morgan fingerprint density at radius 2 is 1.30 bits per heavy atom. The number of carbonyl (C=O) groups is 5. The summed E-state index contributed by atoms with van der Waals surface area (Å²) in [5, 5.41) is 33.9. The lowest BCUT2D eigenvalue weighted by Crippen LogP contribution is -2.59. The molecule has 0 bridgehead atoms. The molecule has 0 aliphatic heterocycles. The average Bonchev–Trinajstić information content (AvgIpc) is 3.10. The number of carboxylic acids is 1. The van der Waals surface area contributed by atoms with Crippen molar-refractivity contribution in [3.8, 4) is 5.75 Å². The summed E-state index contributed by atoms with van der Waals surface area (Å²) in [6.45, 7) is 13.7. The molecule has 0 aromatic heterocycles. The smallest absolute Gasteiger partial charge is 0.326 e. The van der Waals surface area contributed by atoms with Crippen molar-refractivity contribution in [2.75, 3.05) is 0 Å². The standard InChI is InChI=1S/C41H56N4O8/c1-9-26(6)36(38(49)44-35(25(4)5)39(50)51)43-33(47)23-32(46)31(21-27-15-11-10-12-16-27)42-37(48)34(24(2)3)45-40(52)41(7,8)53-30-20-19-28-17-13-14-18-29(28)22-30/h10-20,22,24-26,31-32,34-36,46H,9,21,23H2,1-8H3,(H,42,48)(H,43,47)(H,44,49)(H,45,52)(H,50,51)/t26-,31-,32-,34-,35-,36-/m0/s1. The van der Waals surface area contributed by atoms with Gasteiger partial charge < -0.3 is 36.2 Å². The Morgan fingerprint density at radius 3 is 1.89 bits per heavy atom. The maximum absolute atomic E-state index is 13.9. The molecule has 0 spiro atoms. The largest absolute Gasteiger partial charge is 0.480 e. The van der Waals surface area contributed by atoms with Gasteiger partial charge in [-0.05, 0) is 66.5 Å². The van der Waals surface area contributed by atoms with Gasteiger partial charge in [0.2, 0.25) is 17.7 Å². The number of rotatable bonds is 19. The second-order valence-electron chi connectivity index (χ2n) is 14.9. The molecule has 0 radical (unpaired) electrons. The molecule has 53 heavy (non-hydrogen) atoms. The lowest BCUT2D eigenvalue weighted by Gasteiger charge is -2.32. The lowest BCUT2D eigenvalue weighted by molar-refractivity contribution is -0.143. The number of fused-ring (bicyclic) bond motifs is 1. The first-order valence-corrected chi connectivity index (χ1v) is 18.3. The Kier molecular flexibility index (Phi) is 15.4. The SMILES string of the molecule is CC[C@H](C)[C@H](NC(=O)C[C@H](O)[C@H](Cc1ccccc1)NC(=O)[C@@H](NC(=O)C(C)(C)Oc1ccc2ccccc2c1)C(C)C)C(=O)N[C@H](C(=O)O)C(C)C. The van der Waals surface area contributed by atoms with E-state index >= 15 is 0 Å². The van der Waals surface area contributed by atoms with Crippen LogP contribution in [0.2, 0.25) is 0 Å². The van der Waals surface area contributed by atoms with Crippen LogP contribution in [0.3, 0.4) is 0 Å². The van der Waals surface area contributed by atoms with E-state index in [-0.39, 0.29) is 18.3 Å². The van der Waals surface area contributed by atoms with Crippen LogP contribution in [0.1, 0.15) is 73.8 Å². The summed E-state index contributed by atoms with van der Waals surface area (Å²) in [4.78, 5) is 65.8. The van der Waals surface area contributed by atoms with Crippen molar-refractivity contribution < 1.29 is 38.9 Å². The van der Waals surface area contributed by atoms with Gasteiger partial charge in [-0.3, -0.25) is 19.2 Å². The number of benzene rings is 3. The highest BCUT2D eigenvalue weighted by Crippen LogP contribution is 2.25. The fourth-order valence-electron chi connectivity index (χ4n) is 5.87. The Balaban J connectivity index is 1.76. The van der Waals surface area contributed by atoms with Gasteiger partial charge in [-0.15, -0.1) is 0 Å². The van der Waals surface area contributed by atoms with Crippen LogP contribution in [0, 0.1) is 17.8 Å². The number of carboxylic acid groups (broad SMARTS) is 1. The third kappa shape index (κ3) is 12.3. The molecule has 6 N–H and O–H groups in total. The third-order valence-corrected chi connectivity index (χ3v) is 9.40. The van der Waals surface area contributed by atoms with Crippen LogP contribution in [0.4, 0.5) is 0 Å². The van der Waals surface area contributed by atoms with Crippen molar-refractivity contribution in [2.45, 2.75) is 111 Å². The van der Waals surface area contributed by atoms with E-state index < -0.39 is 77.8 Å². The zero-order valence-electron chi connectivity index (χ0n) is 32.0. The number of hydrogen-bond acceptors (Lipinski definition) is 7. The highest BCUT2D eigenvalue weighted by molar-refractivity contribution is 5.92. The molecule has 0 heterocycles. The van der Waals surface area contributed by atoms with Crippen molar-refractivity contribution in [1.82, 2.24) is 21.3 Å². The number of amides is 4. The van der Waals surface area contributed by atoms with E-state index in [9.17, 15) is 34.2 Å². The van der Waals surface area contributed by atoms with Gasteiger partial charge in [0.15, 0.2) is 5.60 Å². The maximum Gasteiger partial charge on any atom is 0.326 e. The minimum Gasteiger partial charge on any atom is -0.480 e. The minimum absolute atomic E-state index is 0.167. The topological polar surface area (TPSA) is 183 Å². The van der Waals surface area contributed by atoms with Crippen molar-refractivity contribution >= 4 is 40.4 Å². The Bertz CT molecular complexity index is 1710. The highest BCUT2D eigenvalue weighted by atomic mass is 16.5. The Labute approximate surface area is 312 Å². The summed E-state index contributed by atoms with van der Waals surface area (Å²) in [6, 6.07) is 18.3. The number of ether oxygens (including phenoxy) is 1. The van der Waals surface area contributed by atoms with Crippen LogP contribution in [0.15, 0.2) is 72.8 Å². The molecule has 0 unspecified atom stereocenters. The number of hydrogen-bond donors (Lipinski definition) is 6. The predicted octanol–water partition coefficient (Wildman–Crippen LogP) is 4.37. The molecule has 12 heteroatoms. The normalized spacial score (nSPS) is 15.1. The number of aliphatic carboxylic acids is 1. The predicted molar refractivity (Wildman–Crippen MR) is 204 cm³/mol. The number of carbonyl (C=O) groups excluding carboxylic acids is 4. The van der Waals surface area contributed by atoms with E-state index in [0.717, 1.165) is 16.3 Å². The lowest BCUT2D eigenvalue weighted by atomic mass is 9.95. The van der Waals surface area contributed by atoms with Gasteiger partial charge in [0.05, 0.1) is 18.6 Å². The van der Waals surface area contributed by atoms with Gasteiger partial charge in [0.25, 0.3) is 5.91 Å². The summed E-state index contributed by atoms with van der Waals surface area (Å²) < 4.78 is 6.11. The monoisotopic (exact) mass is 732 g/mol. The number of aliphatic hydroxyl groups excluding tert-OH is 1. The molecular weight excluding hydrogens is 676 g/mol. The van der Waals surface area contributed by atoms with Crippen LogP contribution in [-0.4, -0.2) is 75.7 Å². The first-order chi connectivity index (χ1) is 24.9. The van der Waals surface area contributed by atoms with E-state index in [2.05, 4.69) is 21.3 Å². The minimum atomic E-state index is -1.39. The van der Waals surface area contributed by atoms with Crippen LogP contribution in [0.25, 0.3) is 10.8 Å². The van der Waals surface area contributed by atoms with Crippen molar-refractivity contribution in [1.29, 1.82) is 0 Å². The fraction of sp³-hybridized carbons (Fsp3) is 0.488. The molecule has 0 saturated carbocycles. The molecular formula is C41H56N4O8. The van der Waals surface area contributed by atoms with Crippen LogP contribution in [0.5, 0.6) is 5.75 Å². The van der Waals surface area contributed by atoms with Crippen molar-refractivity contribution in [2.24, 2.45) is 17.8 Å². The van der Waals surface area contributed by atoms with Gasteiger partial charge in [0, 0.05) is 0 Å². The first kappa shape index (κ1) is 42.4. The summed E-state index contributed by atoms with van der Waals surface area (Å²) in [5.41, 5.74) is -0.563. The fourth-order valence-corrected chi connectivity index (χ4v) is 5.87. The first-order valence-electron chi connectivity index (χ1n) is 18.3. The molecule has 288 valence electrons. The second-order valence-corrected chi connectivity index (χ2v) is 14.9. The molecule has 3 aromatic rings. The Hall–Kier alpha value is -4.97.